The van der Waals surface area contributed by atoms with Gasteiger partial charge in [0, 0.05) is 29.6 Å². The molecule has 2 aromatic carbocycles. The Morgan fingerprint density at radius 3 is 2.70 bits per heavy atom. The second-order valence-corrected chi connectivity index (χ2v) is 5.59. The number of hydrogen-bond acceptors (Lipinski definition) is 1. The number of carboxylic acid groups (broad SMARTS) is 1. The smallest absolute Gasteiger partial charge is 0.304 e. The summed E-state index contributed by atoms with van der Waals surface area (Å²) in [5.41, 5.74) is 2.68. The number of rotatable bonds is 5. The molecule has 0 aliphatic carbocycles. The maximum atomic E-state index is 13.6. The third kappa shape index (κ3) is 2.97. The summed E-state index contributed by atoms with van der Waals surface area (Å²) in [7, 11) is 0. The third-order valence-corrected chi connectivity index (χ3v) is 4.17. The van der Waals surface area contributed by atoms with Crippen LogP contribution in [0.15, 0.2) is 54.7 Å². The molecule has 0 saturated carbocycles. The van der Waals surface area contributed by atoms with Crippen LogP contribution in [0, 0.1) is 5.82 Å². The van der Waals surface area contributed by atoms with Gasteiger partial charge in [0.1, 0.15) is 5.82 Å². The molecule has 0 bridgehead atoms. The Balaban J connectivity index is 2.19. The topological polar surface area (TPSA) is 42.2 Å². The minimum Gasteiger partial charge on any atom is -0.481 e. The van der Waals surface area contributed by atoms with Crippen molar-refractivity contribution in [1.29, 1.82) is 0 Å². The molecule has 0 amide bonds. The van der Waals surface area contributed by atoms with E-state index in [-0.39, 0.29) is 18.2 Å². The van der Waals surface area contributed by atoms with Crippen LogP contribution in [0.2, 0.25) is 0 Å². The van der Waals surface area contributed by atoms with Crippen molar-refractivity contribution in [3.8, 4) is 0 Å². The number of halogens is 1. The number of fused-ring (bicyclic) bond motifs is 1. The van der Waals surface area contributed by atoms with Crippen molar-refractivity contribution in [1.82, 2.24) is 4.57 Å². The van der Waals surface area contributed by atoms with Crippen LogP contribution in [0.3, 0.4) is 0 Å². The first kappa shape index (κ1) is 15.3. The predicted molar refractivity (Wildman–Crippen MR) is 88.1 cm³/mol. The van der Waals surface area contributed by atoms with E-state index in [1.807, 2.05) is 37.4 Å². The monoisotopic (exact) mass is 311 g/mol. The molecule has 0 aliphatic heterocycles. The molecule has 4 heteroatoms. The minimum atomic E-state index is -0.896. The number of benzene rings is 2. The summed E-state index contributed by atoms with van der Waals surface area (Å²) in [5, 5.41) is 10.3. The molecule has 1 aromatic heterocycles. The van der Waals surface area contributed by atoms with E-state index in [1.165, 1.54) is 12.1 Å². The molecule has 3 rings (SSSR count). The number of carboxylic acids is 1. The lowest BCUT2D eigenvalue weighted by atomic mass is 9.88. The third-order valence-electron chi connectivity index (χ3n) is 4.17. The summed E-state index contributed by atoms with van der Waals surface area (Å²) in [6.45, 7) is 2.84. The van der Waals surface area contributed by atoms with Crippen LogP contribution in [-0.4, -0.2) is 15.6 Å². The zero-order chi connectivity index (χ0) is 16.4. The van der Waals surface area contributed by atoms with Crippen molar-refractivity contribution in [2.75, 3.05) is 0 Å². The van der Waals surface area contributed by atoms with E-state index in [0.717, 1.165) is 23.0 Å². The van der Waals surface area contributed by atoms with Crippen LogP contribution in [0.4, 0.5) is 4.39 Å². The van der Waals surface area contributed by atoms with Gasteiger partial charge in [-0.2, -0.15) is 0 Å². The van der Waals surface area contributed by atoms with E-state index in [0.29, 0.717) is 5.56 Å². The van der Waals surface area contributed by atoms with Crippen molar-refractivity contribution in [2.45, 2.75) is 25.8 Å². The van der Waals surface area contributed by atoms with Crippen molar-refractivity contribution in [2.24, 2.45) is 0 Å². The number of aromatic nitrogens is 1. The van der Waals surface area contributed by atoms with E-state index >= 15 is 0 Å². The fourth-order valence-electron chi connectivity index (χ4n) is 3.12. The summed E-state index contributed by atoms with van der Waals surface area (Å²) in [6.07, 6.45) is 1.92. The highest BCUT2D eigenvalue weighted by atomic mass is 19.1. The Hall–Kier alpha value is -2.62. The van der Waals surface area contributed by atoms with Crippen LogP contribution >= 0.6 is 0 Å². The highest BCUT2D eigenvalue weighted by molar-refractivity contribution is 5.86. The van der Waals surface area contributed by atoms with Crippen LogP contribution in [0.5, 0.6) is 0 Å². The van der Waals surface area contributed by atoms with Gasteiger partial charge in [0.25, 0.3) is 0 Å². The van der Waals surface area contributed by atoms with Crippen molar-refractivity contribution in [3.63, 3.8) is 0 Å². The molecule has 0 fully saturated rings. The van der Waals surface area contributed by atoms with E-state index < -0.39 is 5.97 Å². The molecule has 0 radical (unpaired) electrons. The van der Waals surface area contributed by atoms with Gasteiger partial charge in [0.2, 0.25) is 0 Å². The fourth-order valence-corrected chi connectivity index (χ4v) is 3.12. The molecule has 3 aromatic rings. The number of aliphatic carboxylic acids is 1. The molecule has 1 atom stereocenters. The highest BCUT2D eigenvalue weighted by Crippen LogP contribution is 2.35. The molecule has 1 heterocycles. The molecule has 23 heavy (non-hydrogen) atoms. The minimum absolute atomic E-state index is 0.0683. The Morgan fingerprint density at radius 2 is 2.00 bits per heavy atom. The van der Waals surface area contributed by atoms with Crippen LogP contribution in [-0.2, 0) is 11.3 Å². The van der Waals surface area contributed by atoms with Gasteiger partial charge >= 0.3 is 5.97 Å². The predicted octanol–water partition coefficient (Wildman–Crippen LogP) is 4.41. The molecule has 1 unspecified atom stereocenters. The molecule has 0 saturated heterocycles. The second kappa shape index (κ2) is 6.24. The lowest BCUT2D eigenvalue weighted by Gasteiger charge is -2.15. The Labute approximate surface area is 134 Å². The molecule has 118 valence electrons. The largest absolute Gasteiger partial charge is 0.481 e. The number of hydrogen-bond donors (Lipinski definition) is 1. The number of para-hydroxylation sites is 1. The summed E-state index contributed by atoms with van der Waals surface area (Å²) in [5.74, 6) is -1.62. The lowest BCUT2D eigenvalue weighted by molar-refractivity contribution is -0.137. The van der Waals surface area contributed by atoms with Crippen molar-refractivity contribution < 1.29 is 14.3 Å². The lowest BCUT2D eigenvalue weighted by Crippen LogP contribution is -2.08. The summed E-state index contributed by atoms with van der Waals surface area (Å²) in [4.78, 5) is 11.4. The standard InChI is InChI=1S/C19H18FNO2/c1-2-21-12-17(15-8-3-4-9-18(15)21)16(11-19(22)23)13-6-5-7-14(20)10-13/h3-10,12,16H,2,11H2,1H3,(H,22,23). The molecule has 3 nitrogen and oxygen atoms in total. The summed E-state index contributed by atoms with van der Waals surface area (Å²) < 4.78 is 15.7. The van der Waals surface area contributed by atoms with Gasteiger partial charge in [0.05, 0.1) is 6.42 Å². The summed E-state index contributed by atoms with van der Waals surface area (Å²) in [6, 6.07) is 14.1. The molecular formula is C19H18FNO2. The van der Waals surface area contributed by atoms with Gasteiger partial charge in [-0.1, -0.05) is 30.3 Å². The number of nitrogens with zero attached hydrogens (tertiary/aromatic N) is 1. The van der Waals surface area contributed by atoms with Gasteiger partial charge < -0.3 is 9.67 Å². The molecule has 0 aliphatic rings. The quantitative estimate of drug-likeness (QED) is 0.758. The Kier molecular flexibility index (Phi) is 4.15. The van der Waals surface area contributed by atoms with E-state index in [9.17, 15) is 14.3 Å². The average molecular weight is 311 g/mol. The van der Waals surface area contributed by atoms with Crippen LogP contribution < -0.4 is 0 Å². The van der Waals surface area contributed by atoms with Gasteiger partial charge in [0.15, 0.2) is 0 Å². The first-order valence-electron chi connectivity index (χ1n) is 7.65. The second-order valence-electron chi connectivity index (χ2n) is 5.59. The molecule has 0 spiro atoms. The highest BCUT2D eigenvalue weighted by Gasteiger charge is 2.22. The van der Waals surface area contributed by atoms with Crippen molar-refractivity contribution in [3.05, 3.63) is 71.7 Å². The first-order chi connectivity index (χ1) is 11.1. The van der Waals surface area contributed by atoms with E-state index in [4.69, 9.17) is 0 Å². The first-order valence-corrected chi connectivity index (χ1v) is 7.65. The zero-order valence-corrected chi connectivity index (χ0v) is 12.9. The zero-order valence-electron chi connectivity index (χ0n) is 12.9. The van der Waals surface area contributed by atoms with Gasteiger partial charge in [-0.25, -0.2) is 4.39 Å². The SMILES string of the molecule is CCn1cc(C(CC(=O)O)c2cccc(F)c2)c2ccccc21. The summed E-state index contributed by atoms with van der Waals surface area (Å²) >= 11 is 0. The Bertz CT molecular complexity index is 853. The van der Waals surface area contributed by atoms with Gasteiger partial charge in [-0.05, 0) is 36.2 Å². The number of aryl methyl sites for hydroxylation is 1. The fraction of sp³-hybridized carbons (Fsp3) is 0.211. The molecule has 1 N–H and O–H groups in total. The Morgan fingerprint density at radius 1 is 1.22 bits per heavy atom. The van der Waals surface area contributed by atoms with Crippen molar-refractivity contribution >= 4 is 16.9 Å². The van der Waals surface area contributed by atoms with E-state index in [1.54, 1.807) is 12.1 Å². The van der Waals surface area contributed by atoms with E-state index in [2.05, 4.69) is 4.57 Å². The van der Waals surface area contributed by atoms with Crippen LogP contribution in [0.1, 0.15) is 30.4 Å². The maximum absolute atomic E-state index is 13.6. The normalized spacial score (nSPS) is 12.4. The van der Waals surface area contributed by atoms with Gasteiger partial charge in [-0.3, -0.25) is 4.79 Å². The number of carbonyl (C=O) groups is 1. The van der Waals surface area contributed by atoms with Gasteiger partial charge in [-0.15, -0.1) is 0 Å². The molecular weight excluding hydrogens is 293 g/mol. The maximum Gasteiger partial charge on any atom is 0.304 e. The van der Waals surface area contributed by atoms with Crippen LogP contribution in [0.25, 0.3) is 10.9 Å². The average Bonchev–Trinajstić information content (AvgIpc) is 2.91.